The van der Waals surface area contributed by atoms with Crippen molar-refractivity contribution in [2.45, 2.75) is 13.3 Å². The Labute approximate surface area is 155 Å². The Morgan fingerprint density at radius 2 is 1.59 bits per heavy atom. The second kappa shape index (κ2) is 7.61. The van der Waals surface area contributed by atoms with E-state index in [1.165, 1.54) is 35.2 Å². The van der Waals surface area contributed by atoms with Gasteiger partial charge in [-0.05, 0) is 24.3 Å². The fourth-order valence-electron chi connectivity index (χ4n) is 3.02. The third kappa shape index (κ3) is 3.84. The molecule has 2 amide bonds. The quantitative estimate of drug-likeness (QED) is 0.887. The van der Waals surface area contributed by atoms with E-state index in [0.29, 0.717) is 38.2 Å². The minimum atomic E-state index is -1.13. The average molecular weight is 374 g/mol. The molecule has 0 atom stereocenters. The number of carbonyl (C=O) groups excluding carboxylic acids is 2. The van der Waals surface area contributed by atoms with Crippen LogP contribution in [0.3, 0.4) is 0 Å². The van der Waals surface area contributed by atoms with Crippen molar-refractivity contribution in [2.75, 3.05) is 26.2 Å². The lowest BCUT2D eigenvalue weighted by Crippen LogP contribution is -2.50. The van der Waals surface area contributed by atoms with Gasteiger partial charge in [0.2, 0.25) is 0 Å². The molecule has 1 aliphatic heterocycles. The molecule has 1 aliphatic rings. The molecule has 1 aromatic carbocycles. The van der Waals surface area contributed by atoms with E-state index in [9.17, 15) is 23.9 Å². The van der Waals surface area contributed by atoms with Gasteiger partial charge in [0.25, 0.3) is 11.8 Å². The molecule has 0 bridgehead atoms. The summed E-state index contributed by atoms with van der Waals surface area (Å²) >= 11 is 0. The minimum Gasteiger partial charge on any atom is -0.478 e. The van der Waals surface area contributed by atoms with Crippen LogP contribution in [0, 0.1) is 5.82 Å². The fraction of sp³-hybridized carbons (Fsp3) is 0.316. The molecule has 0 radical (unpaired) electrons. The third-order valence-corrected chi connectivity index (χ3v) is 4.52. The van der Waals surface area contributed by atoms with E-state index < -0.39 is 17.7 Å². The molecule has 0 unspecified atom stereocenters. The van der Waals surface area contributed by atoms with Gasteiger partial charge in [-0.15, -0.1) is 0 Å². The largest absolute Gasteiger partial charge is 0.478 e. The first-order chi connectivity index (χ1) is 12.9. The summed E-state index contributed by atoms with van der Waals surface area (Å²) in [5, 5.41) is 9.17. The molecule has 0 saturated carbocycles. The zero-order valence-corrected chi connectivity index (χ0v) is 14.8. The summed E-state index contributed by atoms with van der Waals surface area (Å²) in [4.78, 5) is 39.4. The van der Waals surface area contributed by atoms with Gasteiger partial charge >= 0.3 is 5.97 Å². The highest BCUT2D eigenvalue weighted by Gasteiger charge is 2.28. The maximum absolute atomic E-state index is 13.0. The molecule has 1 saturated heterocycles. The number of carboxylic acids is 1. The van der Waals surface area contributed by atoms with E-state index >= 15 is 0 Å². The molecular formula is C19H19FN2O5. The van der Waals surface area contributed by atoms with Gasteiger partial charge < -0.3 is 19.3 Å². The molecular weight excluding hydrogens is 355 g/mol. The molecule has 1 N–H and O–H groups in total. The Kier molecular flexibility index (Phi) is 5.25. The molecule has 7 nitrogen and oxygen atoms in total. The predicted molar refractivity (Wildman–Crippen MR) is 93.3 cm³/mol. The number of hydrogen-bond donors (Lipinski definition) is 1. The maximum atomic E-state index is 13.0. The number of nitrogens with zero attached hydrogens (tertiary/aromatic N) is 2. The van der Waals surface area contributed by atoms with E-state index in [1.54, 1.807) is 11.8 Å². The molecule has 3 rings (SSSR count). The Hall–Kier alpha value is -3.16. The zero-order chi connectivity index (χ0) is 19.6. The summed E-state index contributed by atoms with van der Waals surface area (Å²) in [6.45, 7) is 3.01. The van der Waals surface area contributed by atoms with Crippen LogP contribution in [0.4, 0.5) is 4.39 Å². The van der Waals surface area contributed by atoms with E-state index in [2.05, 4.69) is 0 Å². The fourth-order valence-corrected chi connectivity index (χ4v) is 3.02. The van der Waals surface area contributed by atoms with Crippen LogP contribution in [0.2, 0.25) is 0 Å². The Bertz CT molecular complexity index is 867. The number of carboxylic acid groups (broad SMARTS) is 1. The van der Waals surface area contributed by atoms with Crippen LogP contribution < -0.4 is 0 Å². The number of hydrogen-bond acceptors (Lipinski definition) is 4. The molecule has 0 spiro atoms. The first kappa shape index (κ1) is 18.6. The zero-order valence-electron chi connectivity index (χ0n) is 14.8. The van der Waals surface area contributed by atoms with Gasteiger partial charge in [0.1, 0.15) is 17.1 Å². The smallest absolute Gasteiger partial charge is 0.339 e. The minimum absolute atomic E-state index is 0.00836. The van der Waals surface area contributed by atoms with Crippen LogP contribution >= 0.6 is 0 Å². The summed E-state index contributed by atoms with van der Waals surface area (Å²) in [6, 6.07) is 6.57. The second-order valence-corrected chi connectivity index (χ2v) is 6.20. The van der Waals surface area contributed by atoms with Crippen molar-refractivity contribution < 1.29 is 28.3 Å². The number of carbonyl (C=O) groups is 3. The average Bonchev–Trinajstić information content (AvgIpc) is 3.12. The number of rotatable bonds is 4. The number of benzene rings is 1. The van der Waals surface area contributed by atoms with E-state index in [4.69, 9.17) is 4.42 Å². The lowest BCUT2D eigenvalue weighted by molar-refractivity contribution is 0.0517. The van der Waals surface area contributed by atoms with Crippen LogP contribution in [0.15, 0.2) is 34.7 Å². The molecule has 142 valence electrons. The van der Waals surface area contributed by atoms with Gasteiger partial charge in [-0.25, -0.2) is 9.18 Å². The summed E-state index contributed by atoms with van der Waals surface area (Å²) in [6.07, 6.45) is 0.370. The Morgan fingerprint density at radius 1 is 1.04 bits per heavy atom. The molecule has 0 aliphatic carbocycles. The van der Waals surface area contributed by atoms with Crippen molar-refractivity contribution in [3.63, 3.8) is 0 Å². The van der Waals surface area contributed by atoms with Crippen LogP contribution in [0.1, 0.15) is 44.0 Å². The number of aryl methyl sites for hydroxylation is 1. The van der Waals surface area contributed by atoms with Gasteiger partial charge in [-0.3, -0.25) is 9.59 Å². The van der Waals surface area contributed by atoms with E-state index in [0.717, 1.165) is 0 Å². The van der Waals surface area contributed by atoms with Crippen molar-refractivity contribution in [2.24, 2.45) is 0 Å². The predicted octanol–water partition coefficient (Wildman–Crippen LogP) is 2.28. The van der Waals surface area contributed by atoms with E-state index in [1.807, 2.05) is 0 Å². The topological polar surface area (TPSA) is 91.1 Å². The highest BCUT2D eigenvalue weighted by molar-refractivity contribution is 5.97. The number of aromatic carboxylic acids is 1. The lowest BCUT2D eigenvalue weighted by atomic mass is 10.1. The molecule has 1 aromatic heterocycles. The lowest BCUT2D eigenvalue weighted by Gasteiger charge is -2.34. The summed E-state index contributed by atoms with van der Waals surface area (Å²) < 4.78 is 18.4. The van der Waals surface area contributed by atoms with Crippen molar-refractivity contribution in [1.29, 1.82) is 0 Å². The standard InChI is InChI=1S/C19H19FN2O5/c1-2-15-14(19(25)26)11-16(27-15)18(24)22-9-7-21(8-10-22)17(23)12-3-5-13(20)6-4-12/h3-6,11H,2,7-10H2,1H3,(H,25,26). The molecule has 2 heterocycles. The normalized spacial score (nSPS) is 14.3. The van der Waals surface area contributed by atoms with Gasteiger partial charge in [-0.1, -0.05) is 6.92 Å². The molecule has 27 heavy (non-hydrogen) atoms. The van der Waals surface area contributed by atoms with Crippen LogP contribution in [0.5, 0.6) is 0 Å². The van der Waals surface area contributed by atoms with Gasteiger partial charge in [0.15, 0.2) is 5.76 Å². The molecule has 8 heteroatoms. The van der Waals surface area contributed by atoms with E-state index in [-0.39, 0.29) is 23.0 Å². The second-order valence-electron chi connectivity index (χ2n) is 6.20. The summed E-state index contributed by atoms with van der Waals surface area (Å²) in [7, 11) is 0. The molecule has 1 fully saturated rings. The Balaban J connectivity index is 1.65. The number of furan rings is 1. The maximum Gasteiger partial charge on any atom is 0.339 e. The SMILES string of the molecule is CCc1oc(C(=O)N2CCN(C(=O)c3ccc(F)cc3)CC2)cc1C(=O)O. The number of halogens is 1. The van der Waals surface area contributed by atoms with Crippen LogP contribution in [-0.4, -0.2) is 58.9 Å². The van der Waals surface area contributed by atoms with Gasteiger partial charge in [0.05, 0.1) is 0 Å². The number of amides is 2. The van der Waals surface area contributed by atoms with Gasteiger partial charge in [0, 0.05) is 44.2 Å². The monoisotopic (exact) mass is 374 g/mol. The number of piperazine rings is 1. The highest BCUT2D eigenvalue weighted by Crippen LogP contribution is 2.19. The van der Waals surface area contributed by atoms with Crippen molar-refractivity contribution in [3.05, 3.63) is 58.8 Å². The highest BCUT2D eigenvalue weighted by atomic mass is 19.1. The third-order valence-electron chi connectivity index (χ3n) is 4.52. The summed E-state index contributed by atoms with van der Waals surface area (Å²) in [5.41, 5.74) is 0.381. The first-order valence-electron chi connectivity index (χ1n) is 8.60. The summed E-state index contributed by atoms with van der Waals surface area (Å²) in [5.74, 6) is -1.91. The molecule has 2 aromatic rings. The van der Waals surface area contributed by atoms with Gasteiger partial charge in [-0.2, -0.15) is 0 Å². The van der Waals surface area contributed by atoms with Crippen molar-refractivity contribution in [1.82, 2.24) is 9.80 Å². The van der Waals surface area contributed by atoms with Crippen LogP contribution in [-0.2, 0) is 6.42 Å². The van der Waals surface area contributed by atoms with Crippen LogP contribution in [0.25, 0.3) is 0 Å². The Morgan fingerprint density at radius 3 is 2.07 bits per heavy atom. The first-order valence-corrected chi connectivity index (χ1v) is 8.60. The van der Waals surface area contributed by atoms with Crippen molar-refractivity contribution >= 4 is 17.8 Å². The van der Waals surface area contributed by atoms with Crippen molar-refractivity contribution in [3.8, 4) is 0 Å².